The molecule has 0 saturated heterocycles. The summed E-state index contributed by atoms with van der Waals surface area (Å²) in [6.45, 7) is 0. The summed E-state index contributed by atoms with van der Waals surface area (Å²) >= 11 is 0. The molecule has 2 aromatic heterocycles. The Kier molecular flexibility index (Phi) is 2.52. The summed E-state index contributed by atoms with van der Waals surface area (Å²) in [6, 6.07) is 12.1. The quantitative estimate of drug-likeness (QED) is 0.577. The van der Waals surface area contributed by atoms with Crippen LogP contribution in [0.1, 0.15) is 0 Å². The lowest BCUT2D eigenvalue weighted by Gasteiger charge is -1.92. The van der Waals surface area contributed by atoms with Crippen molar-refractivity contribution in [3.63, 3.8) is 0 Å². The predicted octanol–water partition coefficient (Wildman–Crippen LogP) is 3.20. The summed E-state index contributed by atoms with van der Waals surface area (Å²) in [5.41, 5.74) is 2.02. The van der Waals surface area contributed by atoms with Gasteiger partial charge < -0.3 is 0 Å². The Bertz CT molecular complexity index is 607. The van der Waals surface area contributed by atoms with Crippen molar-refractivity contribution in [1.82, 2.24) is 9.97 Å². The van der Waals surface area contributed by atoms with Gasteiger partial charge in [0.1, 0.15) is 0 Å². The molecular formula is C12H9ClN2. The highest BCUT2D eigenvalue weighted by Crippen LogP contribution is 2.21. The topological polar surface area (TPSA) is 25.8 Å². The van der Waals surface area contributed by atoms with Gasteiger partial charge in [0.15, 0.2) is 0 Å². The van der Waals surface area contributed by atoms with Crippen LogP contribution in [0.15, 0.2) is 48.8 Å². The number of aromatic nitrogens is 2. The van der Waals surface area contributed by atoms with Gasteiger partial charge in [-0.1, -0.05) is 18.2 Å². The Morgan fingerprint density at radius 2 is 1.73 bits per heavy atom. The molecule has 0 unspecified atom stereocenters. The summed E-state index contributed by atoms with van der Waals surface area (Å²) in [5, 5.41) is 2.28. The second-order valence-corrected chi connectivity index (χ2v) is 3.21. The fourth-order valence-corrected chi connectivity index (χ4v) is 1.69. The molecule has 2 heterocycles. The maximum Gasteiger partial charge on any atom is 0.0796 e. The molecule has 0 fully saturated rings. The minimum absolute atomic E-state index is 0. The van der Waals surface area contributed by atoms with Gasteiger partial charge in [-0.05, 0) is 18.2 Å². The number of halogens is 1. The zero-order chi connectivity index (χ0) is 9.38. The van der Waals surface area contributed by atoms with Gasteiger partial charge in [0.05, 0.1) is 11.0 Å². The molecule has 0 radical (unpaired) electrons. The summed E-state index contributed by atoms with van der Waals surface area (Å²) in [7, 11) is 0. The van der Waals surface area contributed by atoms with Gasteiger partial charge in [0.25, 0.3) is 0 Å². The van der Waals surface area contributed by atoms with Crippen molar-refractivity contribution in [2.45, 2.75) is 0 Å². The van der Waals surface area contributed by atoms with E-state index in [-0.39, 0.29) is 12.4 Å². The zero-order valence-electron chi connectivity index (χ0n) is 7.92. The van der Waals surface area contributed by atoms with E-state index in [0.29, 0.717) is 0 Å². The summed E-state index contributed by atoms with van der Waals surface area (Å²) in [6.07, 6.45) is 3.63. The average Bonchev–Trinajstić information content (AvgIpc) is 2.55. The zero-order valence-corrected chi connectivity index (χ0v) is 8.74. The molecule has 0 bridgehead atoms. The summed E-state index contributed by atoms with van der Waals surface area (Å²) in [4.78, 5) is 8.67. The Morgan fingerprint density at radius 1 is 0.800 bits per heavy atom. The highest BCUT2D eigenvalue weighted by Gasteiger charge is 2.00. The van der Waals surface area contributed by atoms with Crippen molar-refractivity contribution in [2.24, 2.45) is 0 Å². The second-order valence-electron chi connectivity index (χ2n) is 3.21. The number of hydrogen-bond donors (Lipinski definition) is 0. The Morgan fingerprint density at radius 3 is 2.67 bits per heavy atom. The number of rotatable bonds is 0. The monoisotopic (exact) mass is 216 g/mol. The van der Waals surface area contributed by atoms with Crippen LogP contribution < -0.4 is 0 Å². The fraction of sp³-hybridized carbons (Fsp3) is 0. The van der Waals surface area contributed by atoms with Crippen LogP contribution in [0.3, 0.4) is 0 Å². The third kappa shape index (κ3) is 1.53. The Balaban J connectivity index is 0.000000853. The van der Waals surface area contributed by atoms with Crippen molar-refractivity contribution in [3.8, 4) is 0 Å². The number of hydrogen-bond acceptors (Lipinski definition) is 2. The molecule has 0 spiro atoms. The molecule has 2 nitrogen and oxygen atoms in total. The first kappa shape index (κ1) is 9.87. The van der Waals surface area contributed by atoms with Crippen LogP contribution in [0, 0.1) is 0 Å². The molecule has 0 saturated carbocycles. The molecule has 3 aromatic rings. The molecular weight excluding hydrogens is 208 g/mol. The van der Waals surface area contributed by atoms with Crippen LogP contribution >= 0.6 is 12.4 Å². The molecule has 0 aliphatic carbocycles. The molecule has 0 N–H and O–H groups in total. The molecule has 0 atom stereocenters. The third-order valence-corrected chi connectivity index (χ3v) is 2.36. The van der Waals surface area contributed by atoms with E-state index in [1.54, 1.807) is 6.20 Å². The smallest absolute Gasteiger partial charge is 0.0796 e. The molecule has 1 aromatic carbocycles. The molecule has 15 heavy (non-hydrogen) atoms. The first-order valence-electron chi connectivity index (χ1n) is 4.53. The molecule has 3 heteroatoms. The molecule has 3 rings (SSSR count). The Labute approximate surface area is 93.4 Å². The van der Waals surface area contributed by atoms with Crippen molar-refractivity contribution in [1.29, 1.82) is 0 Å². The van der Waals surface area contributed by atoms with Crippen LogP contribution in [0.25, 0.3) is 21.8 Å². The lowest BCUT2D eigenvalue weighted by atomic mass is 10.2. The van der Waals surface area contributed by atoms with Crippen LogP contribution in [0.4, 0.5) is 0 Å². The fourth-order valence-electron chi connectivity index (χ4n) is 1.69. The SMILES string of the molecule is Cl.c1ccc2c(ccc3ccnc32)nc1. The standard InChI is InChI=1S/C12H8N2.ClH/c1-2-7-13-11-5-4-9-6-8-14-12(9)10(11)3-1;/h1-8H;1H. The van der Waals surface area contributed by atoms with Gasteiger partial charge in [-0.25, -0.2) is 0 Å². The summed E-state index contributed by atoms with van der Waals surface area (Å²) < 4.78 is 0. The van der Waals surface area contributed by atoms with Crippen molar-refractivity contribution in [2.75, 3.05) is 0 Å². The minimum atomic E-state index is 0. The van der Waals surface area contributed by atoms with Gasteiger partial charge in [-0.15, -0.1) is 12.4 Å². The van der Waals surface area contributed by atoms with Crippen LogP contribution in [-0.2, 0) is 0 Å². The van der Waals surface area contributed by atoms with E-state index in [0.717, 1.165) is 16.4 Å². The number of benzene rings is 1. The number of nitrogens with zero attached hydrogens (tertiary/aromatic N) is 2. The van der Waals surface area contributed by atoms with Gasteiger partial charge in [0, 0.05) is 23.2 Å². The van der Waals surface area contributed by atoms with Crippen molar-refractivity contribution < 1.29 is 0 Å². The van der Waals surface area contributed by atoms with Crippen LogP contribution in [-0.4, -0.2) is 9.97 Å². The predicted molar refractivity (Wildman–Crippen MR) is 64.3 cm³/mol. The largest absolute Gasteiger partial charge is 0.256 e. The van der Waals surface area contributed by atoms with Crippen molar-refractivity contribution >= 4 is 34.2 Å². The van der Waals surface area contributed by atoms with Gasteiger partial charge in [-0.3, -0.25) is 9.97 Å². The van der Waals surface area contributed by atoms with E-state index < -0.39 is 0 Å². The van der Waals surface area contributed by atoms with Crippen molar-refractivity contribution in [3.05, 3.63) is 48.8 Å². The van der Waals surface area contributed by atoms with E-state index in [1.165, 1.54) is 5.39 Å². The lowest BCUT2D eigenvalue weighted by Crippen LogP contribution is -1.73. The first-order chi connectivity index (χ1) is 6.95. The normalized spacial score (nSPS) is 10.1. The maximum atomic E-state index is 4.33. The second kappa shape index (κ2) is 3.83. The Hall–Kier alpha value is -1.67. The molecule has 0 amide bonds. The maximum absolute atomic E-state index is 4.33. The van der Waals surface area contributed by atoms with E-state index in [2.05, 4.69) is 22.1 Å². The van der Waals surface area contributed by atoms with Gasteiger partial charge >= 0.3 is 0 Å². The lowest BCUT2D eigenvalue weighted by molar-refractivity contribution is 1.44. The van der Waals surface area contributed by atoms with E-state index in [1.807, 2.05) is 30.5 Å². The first-order valence-corrected chi connectivity index (χ1v) is 4.53. The van der Waals surface area contributed by atoms with E-state index in [9.17, 15) is 0 Å². The third-order valence-electron chi connectivity index (χ3n) is 2.36. The minimum Gasteiger partial charge on any atom is -0.256 e. The summed E-state index contributed by atoms with van der Waals surface area (Å²) in [5.74, 6) is 0. The highest BCUT2D eigenvalue weighted by molar-refractivity contribution is 6.03. The molecule has 74 valence electrons. The van der Waals surface area contributed by atoms with Crippen LogP contribution in [0.5, 0.6) is 0 Å². The van der Waals surface area contributed by atoms with E-state index >= 15 is 0 Å². The average molecular weight is 217 g/mol. The highest BCUT2D eigenvalue weighted by atomic mass is 35.5. The number of fused-ring (bicyclic) bond motifs is 3. The molecule has 0 aliphatic heterocycles. The van der Waals surface area contributed by atoms with Crippen LogP contribution in [0.2, 0.25) is 0 Å². The molecule has 0 aliphatic rings. The van der Waals surface area contributed by atoms with E-state index in [4.69, 9.17) is 0 Å². The van der Waals surface area contributed by atoms with Gasteiger partial charge in [0.2, 0.25) is 0 Å². The van der Waals surface area contributed by atoms with Gasteiger partial charge in [-0.2, -0.15) is 0 Å².